The first-order chi connectivity index (χ1) is 13.3. The van der Waals surface area contributed by atoms with E-state index in [1.807, 2.05) is 69.2 Å². The van der Waals surface area contributed by atoms with Gasteiger partial charge in [0, 0.05) is 26.3 Å². The molecule has 0 aliphatic carbocycles. The molecule has 0 radical (unpaired) electrons. The predicted molar refractivity (Wildman–Crippen MR) is 113 cm³/mol. The van der Waals surface area contributed by atoms with Crippen LogP contribution in [0.15, 0.2) is 41.2 Å². The lowest BCUT2D eigenvalue weighted by Gasteiger charge is -2.14. The van der Waals surface area contributed by atoms with Crippen molar-refractivity contribution < 1.29 is 4.79 Å². The highest BCUT2D eigenvalue weighted by molar-refractivity contribution is 5.81. The molecule has 0 spiro atoms. The minimum absolute atomic E-state index is 0.0308. The smallest absolute Gasteiger partial charge is 0.272 e. The molecule has 3 rings (SSSR count). The maximum Gasteiger partial charge on any atom is 0.272 e. The lowest BCUT2D eigenvalue weighted by molar-refractivity contribution is -0.121. The zero-order valence-electron chi connectivity index (χ0n) is 17.0. The lowest BCUT2D eigenvalue weighted by atomic mass is 10.1. The van der Waals surface area contributed by atoms with Gasteiger partial charge in [0.1, 0.15) is 12.2 Å². The molecule has 0 saturated heterocycles. The predicted octanol–water partition coefficient (Wildman–Crippen LogP) is 2.70. The Morgan fingerprint density at radius 2 is 1.71 bits per heavy atom. The topological polar surface area (TPSA) is 67.2 Å². The van der Waals surface area contributed by atoms with Gasteiger partial charge in [0.25, 0.3) is 5.56 Å². The van der Waals surface area contributed by atoms with Gasteiger partial charge in [-0.1, -0.05) is 12.1 Å². The van der Waals surface area contributed by atoms with Crippen molar-refractivity contribution in [3.05, 3.63) is 69.1 Å². The van der Waals surface area contributed by atoms with Gasteiger partial charge < -0.3 is 10.2 Å². The normalized spacial score (nSPS) is 10.9. The number of hydrogen-bond acceptors (Lipinski definition) is 4. The van der Waals surface area contributed by atoms with Crippen molar-refractivity contribution in [2.24, 2.45) is 0 Å². The van der Waals surface area contributed by atoms with E-state index >= 15 is 0 Å². The maximum absolute atomic E-state index is 12.6. The van der Waals surface area contributed by atoms with Crippen molar-refractivity contribution in [3.63, 3.8) is 0 Å². The van der Waals surface area contributed by atoms with Crippen molar-refractivity contribution in [1.82, 2.24) is 14.9 Å². The summed E-state index contributed by atoms with van der Waals surface area (Å²) in [5.41, 5.74) is 5.85. The molecule has 6 nitrogen and oxygen atoms in total. The van der Waals surface area contributed by atoms with Crippen LogP contribution >= 0.6 is 0 Å². The molecular formula is C22H26N4O2. The van der Waals surface area contributed by atoms with Gasteiger partial charge in [-0.25, -0.2) is 4.98 Å². The summed E-state index contributed by atoms with van der Waals surface area (Å²) in [6.07, 6.45) is 0. The minimum atomic E-state index is -0.235. The Hall–Kier alpha value is -3.15. The summed E-state index contributed by atoms with van der Waals surface area (Å²) < 4.78 is 1.51. The highest BCUT2D eigenvalue weighted by Crippen LogP contribution is 2.17. The molecule has 0 saturated carbocycles. The molecular weight excluding hydrogens is 352 g/mol. The van der Waals surface area contributed by atoms with Gasteiger partial charge in [-0.2, -0.15) is 0 Å². The fourth-order valence-electron chi connectivity index (χ4n) is 3.09. The average molecular weight is 378 g/mol. The van der Waals surface area contributed by atoms with Crippen LogP contribution < -0.4 is 15.8 Å². The van der Waals surface area contributed by atoms with E-state index < -0.39 is 0 Å². The van der Waals surface area contributed by atoms with Crippen LogP contribution in [0.25, 0.3) is 11.0 Å². The first-order valence-corrected chi connectivity index (χ1v) is 9.27. The number of aryl methyl sites for hydroxylation is 3. The SMILES string of the molecule is Cc1cc2nc(C)c(=O)n(CC(=O)NCc3ccc(N(C)C)cc3)c2cc1C. The first-order valence-electron chi connectivity index (χ1n) is 9.27. The minimum Gasteiger partial charge on any atom is -0.378 e. The van der Waals surface area contributed by atoms with E-state index in [9.17, 15) is 9.59 Å². The molecule has 1 heterocycles. The number of fused-ring (bicyclic) bond motifs is 1. The number of nitrogens with one attached hydrogen (secondary N) is 1. The molecule has 0 atom stereocenters. The number of amides is 1. The number of nitrogens with zero attached hydrogens (tertiary/aromatic N) is 3. The van der Waals surface area contributed by atoms with Crippen LogP contribution in [0.1, 0.15) is 22.4 Å². The largest absolute Gasteiger partial charge is 0.378 e. The molecule has 28 heavy (non-hydrogen) atoms. The highest BCUT2D eigenvalue weighted by Gasteiger charge is 2.13. The standard InChI is InChI=1S/C22H26N4O2/c1-14-10-19-20(11-15(14)2)26(22(28)16(3)24-19)13-21(27)23-12-17-6-8-18(9-7-17)25(4)5/h6-11H,12-13H2,1-5H3,(H,23,27). The molecule has 6 heteroatoms. The second-order valence-electron chi connectivity index (χ2n) is 7.35. The molecule has 1 aromatic heterocycles. The molecule has 1 amide bonds. The molecule has 1 N–H and O–H groups in total. The summed E-state index contributed by atoms with van der Waals surface area (Å²) in [6, 6.07) is 11.9. The number of carbonyl (C=O) groups excluding carboxylic acids is 1. The van der Waals surface area contributed by atoms with Gasteiger partial charge in [0.15, 0.2) is 0 Å². The van der Waals surface area contributed by atoms with Gasteiger partial charge in [-0.05, 0) is 61.7 Å². The monoisotopic (exact) mass is 378 g/mol. The van der Waals surface area contributed by atoms with E-state index in [1.54, 1.807) is 6.92 Å². The Balaban J connectivity index is 1.80. The summed E-state index contributed by atoms with van der Waals surface area (Å²) in [4.78, 5) is 31.5. The second kappa shape index (κ2) is 7.84. The summed E-state index contributed by atoms with van der Waals surface area (Å²) in [5.74, 6) is -0.205. The van der Waals surface area contributed by atoms with Gasteiger partial charge >= 0.3 is 0 Å². The van der Waals surface area contributed by atoms with Crippen LogP contribution in [-0.2, 0) is 17.9 Å². The number of hydrogen-bond donors (Lipinski definition) is 1. The zero-order chi connectivity index (χ0) is 20.4. The lowest BCUT2D eigenvalue weighted by Crippen LogP contribution is -2.33. The summed E-state index contributed by atoms with van der Waals surface area (Å²) in [6.45, 7) is 6.06. The van der Waals surface area contributed by atoms with Crippen molar-refractivity contribution in [1.29, 1.82) is 0 Å². The van der Waals surface area contributed by atoms with E-state index in [0.717, 1.165) is 27.9 Å². The van der Waals surface area contributed by atoms with Crippen LogP contribution in [0.3, 0.4) is 0 Å². The van der Waals surface area contributed by atoms with Crippen molar-refractivity contribution in [2.45, 2.75) is 33.9 Å². The second-order valence-corrected chi connectivity index (χ2v) is 7.35. The molecule has 2 aromatic carbocycles. The van der Waals surface area contributed by atoms with Crippen molar-refractivity contribution >= 4 is 22.6 Å². The quantitative estimate of drug-likeness (QED) is 0.741. The Morgan fingerprint density at radius 3 is 2.36 bits per heavy atom. The van der Waals surface area contributed by atoms with Crippen LogP contribution in [0.2, 0.25) is 0 Å². The van der Waals surface area contributed by atoms with Crippen LogP contribution in [-0.4, -0.2) is 29.6 Å². The first kappa shape index (κ1) is 19.6. The van der Waals surface area contributed by atoms with E-state index in [2.05, 4.69) is 10.3 Å². The Labute approximate surface area is 164 Å². The Kier molecular flexibility index (Phi) is 5.49. The molecule has 0 aliphatic rings. The Bertz CT molecular complexity index is 1080. The zero-order valence-corrected chi connectivity index (χ0v) is 17.0. The highest BCUT2D eigenvalue weighted by atomic mass is 16.2. The van der Waals surface area contributed by atoms with E-state index in [-0.39, 0.29) is 18.0 Å². The summed E-state index contributed by atoms with van der Waals surface area (Å²) in [5, 5.41) is 2.90. The number of benzene rings is 2. The molecule has 0 bridgehead atoms. The third kappa shape index (κ3) is 4.06. The third-order valence-corrected chi connectivity index (χ3v) is 4.97. The van der Waals surface area contributed by atoms with Crippen LogP contribution in [0.4, 0.5) is 5.69 Å². The van der Waals surface area contributed by atoms with Crippen molar-refractivity contribution in [3.8, 4) is 0 Å². The molecule has 0 unspecified atom stereocenters. The molecule has 0 fully saturated rings. The van der Waals surface area contributed by atoms with E-state index in [0.29, 0.717) is 17.8 Å². The van der Waals surface area contributed by atoms with Gasteiger partial charge in [-0.3, -0.25) is 14.2 Å². The number of rotatable bonds is 5. The number of carbonyl (C=O) groups is 1. The fraction of sp³-hybridized carbons (Fsp3) is 0.318. The van der Waals surface area contributed by atoms with Gasteiger partial charge in [0.2, 0.25) is 5.91 Å². The van der Waals surface area contributed by atoms with Gasteiger partial charge in [-0.15, -0.1) is 0 Å². The summed E-state index contributed by atoms with van der Waals surface area (Å²) >= 11 is 0. The summed E-state index contributed by atoms with van der Waals surface area (Å²) in [7, 11) is 3.97. The van der Waals surface area contributed by atoms with E-state index in [1.165, 1.54) is 4.57 Å². The third-order valence-electron chi connectivity index (χ3n) is 4.97. The van der Waals surface area contributed by atoms with Gasteiger partial charge in [0.05, 0.1) is 11.0 Å². The molecule has 146 valence electrons. The number of aromatic nitrogens is 2. The van der Waals surface area contributed by atoms with E-state index in [4.69, 9.17) is 0 Å². The van der Waals surface area contributed by atoms with Crippen LogP contribution in [0.5, 0.6) is 0 Å². The Morgan fingerprint density at radius 1 is 1.07 bits per heavy atom. The molecule has 3 aromatic rings. The number of anilines is 1. The average Bonchev–Trinajstić information content (AvgIpc) is 2.66. The maximum atomic E-state index is 12.6. The fourth-order valence-corrected chi connectivity index (χ4v) is 3.09. The van der Waals surface area contributed by atoms with Crippen molar-refractivity contribution in [2.75, 3.05) is 19.0 Å². The molecule has 0 aliphatic heterocycles. The van der Waals surface area contributed by atoms with Crippen LogP contribution in [0, 0.1) is 20.8 Å².